The molecule has 5 saturated heterocycles. The molecule has 2 bridgehead atoms. The van der Waals surface area contributed by atoms with Gasteiger partial charge in [0.1, 0.15) is 29.5 Å². The highest BCUT2D eigenvalue weighted by Crippen LogP contribution is 2.72. The molecule has 6 heterocycles. The predicted octanol–water partition coefficient (Wildman–Crippen LogP) is 2.57. The summed E-state index contributed by atoms with van der Waals surface area (Å²) >= 11 is 0. The third-order valence-corrected chi connectivity index (χ3v) is 11.7. The summed E-state index contributed by atoms with van der Waals surface area (Å²) in [5.74, 6) is -4.69. The van der Waals surface area contributed by atoms with Crippen molar-refractivity contribution in [1.82, 2.24) is 0 Å². The monoisotopic (exact) mass is 712 g/mol. The Morgan fingerprint density at radius 1 is 1.08 bits per heavy atom. The van der Waals surface area contributed by atoms with Gasteiger partial charge < -0.3 is 57.6 Å². The maximum Gasteiger partial charge on any atom is 0.303 e. The number of ether oxygens (including phenoxy) is 10. The number of phenols is 1. The van der Waals surface area contributed by atoms with Crippen molar-refractivity contribution in [1.29, 1.82) is 0 Å². The number of aromatic hydroxyl groups is 1. The lowest BCUT2D eigenvalue weighted by Gasteiger charge is -2.52. The van der Waals surface area contributed by atoms with Crippen molar-refractivity contribution >= 4 is 28.3 Å². The zero-order valence-corrected chi connectivity index (χ0v) is 28.9. The molecule has 0 aromatic heterocycles. The van der Waals surface area contributed by atoms with E-state index >= 15 is 0 Å². The molecular weight excluding hydrogens is 672 g/mol. The molecule has 5 fully saturated rings. The van der Waals surface area contributed by atoms with Gasteiger partial charge in [-0.15, -0.1) is 0 Å². The molecule has 51 heavy (non-hydrogen) atoms. The van der Waals surface area contributed by atoms with Crippen molar-refractivity contribution in [2.45, 2.75) is 120 Å². The third kappa shape index (κ3) is 4.14. The number of hydrogen-bond acceptors (Lipinski definition) is 15. The van der Waals surface area contributed by atoms with Crippen LogP contribution >= 0.6 is 0 Å². The molecule has 1 aliphatic carbocycles. The van der Waals surface area contributed by atoms with Crippen molar-refractivity contribution in [2.75, 3.05) is 26.9 Å². The first kappa shape index (κ1) is 33.4. The van der Waals surface area contributed by atoms with Crippen LogP contribution in [0, 0.1) is 6.92 Å². The lowest BCUT2D eigenvalue weighted by atomic mass is 9.78. The minimum atomic E-state index is -2.15. The summed E-state index contributed by atoms with van der Waals surface area (Å²) in [4.78, 5) is 38.3. The summed E-state index contributed by atoms with van der Waals surface area (Å²) in [6.07, 6.45) is -4.82. The summed E-state index contributed by atoms with van der Waals surface area (Å²) in [6.45, 7) is 6.53. The van der Waals surface area contributed by atoms with Crippen LogP contribution in [0.4, 0.5) is 0 Å². The summed E-state index contributed by atoms with van der Waals surface area (Å²) < 4.78 is 63.6. The van der Waals surface area contributed by atoms with E-state index in [1.54, 1.807) is 0 Å². The molecule has 2 N–H and O–H groups in total. The Labute approximate surface area is 292 Å². The first-order chi connectivity index (χ1) is 24.3. The van der Waals surface area contributed by atoms with Gasteiger partial charge >= 0.3 is 5.97 Å². The zero-order valence-electron chi connectivity index (χ0n) is 28.9. The van der Waals surface area contributed by atoms with E-state index in [4.69, 9.17) is 47.4 Å². The van der Waals surface area contributed by atoms with E-state index in [2.05, 4.69) is 0 Å². The fraction of sp³-hybridized carbons (Fsp3) is 0.639. The molecule has 15 nitrogen and oxygen atoms in total. The van der Waals surface area contributed by atoms with Crippen molar-refractivity contribution in [3.05, 3.63) is 28.3 Å². The van der Waals surface area contributed by atoms with E-state index in [0.717, 1.165) is 5.56 Å². The van der Waals surface area contributed by atoms with Crippen LogP contribution in [-0.2, 0) is 53.9 Å². The smallest absolute Gasteiger partial charge is 0.303 e. The van der Waals surface area contributed by atoms with Gasteiger partial charge in [0.25, 0.3) is 11.6 Å². The number of rotatable bonds is 6. The standard InChI is InChI=1S/C36H40O15/c1-15-12-20-26(27(40)25-19(28(20)42-5)8-6-9-21(25)39)29-24(15)30-31-35(49-29,33(14-45-33)36(50-30,51-31)32-43-10-7-11-44-32)48-23-13-22(47-18(4)38)34(41,16(2)37)17(3)46-23/h12,17,22-23,30-32,40-41H,6-11,13-14H2,1-5H3/t17-,22-,23-,30?,31?,33-,34+,35+,36-/m0/s1. The number of aliphatic hydroxyl groups is 1. The molecule has 2 aromatic carbocycles. The van der Waals surface area contributed by atoms with Crippen LogP contribution in [-0.4, -0.2) is 108 Å². The van der Waals surface area contributed by atoms with Gasteiger partial charge in [-0.2, -0.15) is 0 Å². The lowest BCUT2D eigenvalue weighted by molar-refractivity contribution is -0.391. The molecule has 6 aliphatic heterocycles. The first-order valence-electron chi connectivity index (χ1n) is 17.4. The number of methoxy groups -OCH3 is 1. The van der Waals surface area contributed by atoms with Gasteiger partial charge in [-0.3, -0.25) is 14.4 Å². The van der Waals surface area contributed by atoms with E-state index in [9.17, 15) is 24.6 Å². The van der Waals surface area contributed by atoms with Crippen LogP contribution in [0.3, 0.4) is 0 Å². The van der Waals surface area contributed by atoms with Crippen molar-refractivity contribution in [3.63, 3.8) is 0 Å². The molecule has 0 amide bonds. The number of fused-ring (bicyclic) bond motifs is 8. The number of carbonyl (C=O) groups is 3. The van der Waals surface area contributed by atoms with E-state index < -0.39 is 71.5 Å². The van der Waals surface area contributed by atoms with E-state index in [1.165, 1.54) is 27.9 Å². The van der Waals surface area contributed by atoms with Gasteiger partial charge in [0.2, 0.25) is 11.9 Å². The Balaban J connectivity index is 1.24. The van der Waals surface area contributed by atoms with Gasteiger partial charge in [-0.1, -0.05) is 0 Å². The summed E-state index contributed by atoms with van der Waals surface area (Å²) in [7, 11) is 1.52. The SMILES string of the molecule is COc1c2c(c(O)c3c4c(c(C)cc13)C1O[C@@]3(C5OCCCO5)OC1[C@@](O[C@H]1C[C@H](OC(C)=O)[C@@](O)(C(C)=O)[C@H](C)O1)(O4)[C@@]31CO1)C(=O)CCC2. The van der Waals surface area contributed by atoms with Crippen LogP contribution in [0.25, 0.3) is 10.8 Å². The number of aryl methyl sites for hydroxylation is 1. The van der Waals surface area contributed by atoms with E-state index in [-0.39, 0.29) is 47.7 Å². The van der Waals surface area contributed by atoms with Crippen LogP contribution < -0.4 is 9.47 Å². The average Bonchev–Trinajstić information content (AvgIpc) is 3.75. The normalized spacial score (nSPS) is 39.4. The van der Waals surface area contributed by atoms with Gasteiger partial charge in [0.15, 0.2) is 29.6 Å². The molecule has 9 rings (SSSR count). The quantitative estimate of drug-likeness (QED) is 0.328. The number of carbonyl (C=O) groups excluding carboxylic acids is 3. The highest BCUT2D eigenvalue weighted by Gasteiger charge is 2.94. The van der Waals surface area contributed by atoms with E-state index in [0.29, 0.717) is 54.7 Å². The van der Waals surface area contributed by atoms with Gasteiger partial charge in [0.05, 0.1) is 44.0 Å². The van der Waals surface area contributed by atoms with Gasteiger partial charge in [0, 0.05) is 36.3 Å². The van der Waals surface area contributed by atoms with Crippen LogP contribution in [0.15, 0.2) is 6.07 Å². The molecule has 0 radical (unpaired) electrons. The number of ketones is 2. The van der Waals surface area contributed by atoms with Crippen LogP contribution in [0.5, 0.6) is 17.2 Å². The Morgan fingerprint density at radius 2 is 1.82 bits per heavy atom. The highest BCUT2D eigenvalue weighted by molar-refractivity contribution is 6.11. The number of Topliss-reactive ketones (excluding diaryl/α,β-unsaturated/α-hetero) is 2. The molecule has 2 aromatic rings. The molecule has 15 heteroatoms. The second-order valence-electron chi connectivity index (χ2n) is 14.5. The fourth-order valence-corrected chi connectivity index (χ4v) is 9.31. The maximum atomic E-state index is 13.3. The lowest BCUT2D eigenvalue weighted by Crippen LogP contribution is -2.72. The largest absolute Gasteiger partial charge is 0.506 e. The fourth-order valence-electron chi connectivity index (χ4n) is 9.31. The molecule has 274 valence electrons. The minimum absolute atomic E-state index is 0.0226. The van der Waals surface area contributed by atoms with Crippen molar-refractivity contribution < 1.29 is 72.0 Å². The zero-order chi connectivity index (χ0) is 35.8. The maximum absolute atomic E-state index is 13.3. The molecule has 9 atom stereocenters. The number of epoxide rings is 1. The van der Waals surface area contributed by atoms with Crippen LogP contribution in [0.2, 0.25) is 0 Å². The Morgan fingerprint density at radius 3 is 2.49 bits per heavy atom. The number of hydrogen-bond donors (Lipinski definition) is 2. The van der Waals surface area contributed by atoms with Gasteiger partial charge in [-0.05, 0) is 51.7 Å². The number of phenolic OH excluding ortho intramolecular Hbond substituents is 1. The summed E-state index contributed by atoms with van der Waals surface area (Å²) in [5, 5.41) is 24.2. The average molecular weight is 713 g/mol. The Bertz CT molecular complexity index is 1880. The molecule has 7 aliphatic rings. The Hall–Kier alpha value is -3.41. The minimum Gasteiger partial charge on any atom is -0.506 e. The topological polar surface area (TPSA) is 187 Å². The van der Waals surface area contributed by atoms with Crippen molar-refractivity contribution in [3.8, 4) is 17.2 Å². The predicted molar refractivity (Wildman–Crippen MR) is 169 cm³/mol. The summed E-state index contributed by atoms with van der Waals surface area (Å²) in [6, 6.07) is 1.88. The van der Waals surface area contributed by atoms with Crippen LogP contribution in [0.1, 0.15) is 79.6 Å². The first-order valence-corrected chi connectivity index (χ1v) is 17.4. The second kappa shape index (κ2) is 11.1. The molecule has 0 saturated carbocycles. The highest BCUT2D eigenvalue weighted by atomic mass is 16.9. The Kier molecular flexibility index (Phi) is 7.25. The third-order valence-electron chi connectivity index (χ3n) is 11.7. The molecule has 1 spiro atoms. The molecule has 2 unspecified atom stereocenters. The summed E-state index contributed by atoms with van der Waals surface area (Å²) in [5.41, 5.74) is -1.54. The number of benzene rings is 2. The second-order valence-corrected chi connectivity index (χ2v) is 14.5. The number of esters is 1. The van der Waals surface area contributed by atoms with Crippen molar-refractivity contribution in [2.24, 2.45) is 0 Å². The van der Waals surface area contributed by atoms with Gasteiger partial charge in [-0.25, -0.2) is 0 Å². The van der Waals surface area contributed by atoms with E-state index in [1.807, 2.05) is 13.0 Å². The molecular formula is C36H40O15.